The molecule has 172 valence electrons. The standard InChI is InChI=1S/C23H16ClN3O7/c1-2-33-15-6-3-13(4-7-15)26-22(29)18(21(28)25-23(26)30)12-16-8-10-20(34-16)17-11-14(27(31)32)5-9-19(17)24/h3-12H,2H2,1H3,(H,25,28,30). The van der Waals surface area contributed by atoms with Crippen molar-refractivity contribution in [2.45, 2.75) is 6.92 Å². The molecule has 0 unspecified atom stereocenters. The summed E-state index contributed by atoms with van der Waals surface area (Å²) in [6.07, 6.45) is 1.18. The molecule has 1 fully saturated rings. The van der Waals surface area contributed by atoms with Crippen molar-refractivity contribution >= 4 is 46.9 Å². The fourth-order valence-corrected chi connectivity index (χ4v) is 3.49. The number of furan rings is 1. The minimum absolute atomic E-state index is 0.108. The van der Waals surface area contributed by atoms with Crippen molar-refractivity contribution in [3.05, 3.63) is 81.1 Å². The minimum Gasteiger partial charge on any atom is -0.494 e. The molecular formula is C23H16ClN3O7. The van der Waals surface area contributed by atoms with Gasteiger partial charge in [-0.2, -0.15) is 0 Å². The summed E-state index contributed by atoms with van der Waals surface area (Å²) in [6, 6.07) is 12.2. The van der Waals surface area contributed by atoms with Gasteiger partial charge in [-0.05, 0) is 55.5 Å². The average molecular weight is 482 g/mol. The summed E-state index contributed by atoms with van der Waals surface area (Å²) in [4.78, 5) is 49.1. The molecule has 0 atom stereocenters. The zero-order valence-electron chi connectivity index (χ0n) is 17.6. The summed E-state index contributed by atoms with van der Waals surface area (Å²) in [5, 5.41) is 13.4. The van der Waals surface area contributed by atoms with Gasteiger partial charge in [-0.15, -0.1) is 0 Å². The number of benzene rings is 2. The molecule has 2 aromatic carbocycles. The molecule has 4 amide bonds. The Morgan fingerprint density at radius 1 is 1.12 bits per heavy atom. The number of non-ortho nitro benzene ring substituents is 1. The van der Waals surface area contributed by atoms with Gasteiger partial charge in [0.2, 0.25) is 0 Å². The van der Waals surface area contributed by atoms with Gasteiger partial charge < -0.3 is 9.15 Å². The van der Waals surface area contributed by atoms with E-state index in [1.807, 2.05) is 6.92 Å². The van der Waals surface area contributed by atoms with Crippen molar-refractivity contribution in [3.63, 3.8) is 0 Å². The lowest BCUT2D eigenvalue weighted by Gasteiger charge is -2.26. The van der Waals surface area contributed by atoms with Crippen LogP contribution >= 0.6 is 11.6 Å². The van der Waals surface area contributed by atoms with Crippen LogP contribution in [0.1, 0.15) is 12.7 Å². The number of anilines is 1. The van der Waals surface area contributed by atoms with Gasteiger partial charge in [0.15, 0.2) is 0 Å². The molecule has 0 radical (unpaired) electrons. The number of halogens is 1. The zero-order chi connectivity index (χ0) is 24.4. The Bertz CT molecular complexity index is 1340. The van der Waals surface area contributed by atoms with Crippen LogP contribution in [0.5, 0.6) is 5.75 Å². The largest absolute Gasteiger partial charge is 0.494 e. The fraction of sp³-hybridized carbons (Fsp3) is 0.0870. The minimum atomic E-state index is -0.889. The number of urea groups is 1. The molecule has 1 saturated heterocycles. The van der Waals surface area contributed by atoms with Gasteiger partial charge in [0.05, 0.1) is 22.2 Å². The average Bonchev–Trinajstić information content (AvgIpc) is 3.26. The highest BCUT2D eigenvalue weighted by Gasteiger charge is 2.37. The van der Waals surface area contributed by atoms with Gasteiger partial charge in [-0.1, -0.05) is 11.6 Å². The Hall–Kier alpha value is -4.44. The van der Waals surface area contributed by atoms with Gasteiger partial charge >= 0.3 is 6.03 Å². The topological polar surface area (TPSA) is 132 Å². The second kappa shape index (κ2) is 9.20. The third kappa shape index (κ3) is 4.39. The number of nitrogens with one attached hydrogen (secondary N) is 1. The SMILES string of the molecule is CCOc1ccc(N2C(=O)NC(=O)C(=Cc3ccc(-c4cc([N+](=O)[O-])ccc4Cl)o3)C2=O)cc1. The van der Waals surface area contributed by atoms with E-state index in [0.717, 1.165) is 4.90 Å². The van der Waals surface area contributed by atoms with Crippen molar-refractivity contribution in [2.75, 3.05) is 11.5 Å². The van der Waals surface area contributed by atoms with Crippen molar-refractivity contribution in [3.8, 4) is 17.1 Å². The van der Waals surface area contributed by atoms with E-state index in [0.29, 0.717) is 12.4 Å². The molecule has 4 rings (SSSR count). The van der Waals surface area contributed by atoms with E-state index < -0.39 is 22.8 Å². The first-order valence-electron chi connectivity index (χ1n) is 9.97. The molecule has 34 heavy (non-hydrogen) atoms. The molecule has 0 spiro atoms. The number of ether oxygens (including phenoxy) is 1. The van der Waals surface area contributed by atoms with E-state index >= 15 is 0 Å². The first kappa shape index (κ1) is 22.7. The van der Waals surface area contributed by atoms with Crippen molar-refractivity contribution < 1.29 is 28.5 Å². The molecule has 0 aliphatic carbocycles. The molecule has 10 nitrogen and oxygen atoms in total. The molecule has 0 saturated carbocycles. The summed E-state index contributed by atoms with van der Waals surface area (Å²) >= 11 is 6.15. The van der Waals surface area contributed by atoms with Crippen LogP contribution in [0.25, 0.3) is 17.4 Å². The molecule has 0 bridgehead atoms. The Morgan fingerprint density at radius 3 is 2.53 bits per heavy atom. The number of rotatable bonds is 6. The number of hydrogen-bond donors (Lipinski definition) is 1. The number of carbonyl (C=O) groups is 3. The van der Waals surface area contributed by atoms with Gasteiger partial charge in [-0.3, -0.25) is 25.0 Å². The Morgan fingerprint density at radius 2 is 1.85 bits per heavy atom. The summed E-state index contributed by atoms with van der Waals surface area (Å²) in [5.74, 6) is -0.862. The molecule has 11 heteroatoms. The number of carbonyl (C=O) groups excluding carboxylic acids is 3. The molecule has 1 aromatic heterocycles. The number of nitro benzene ring substituents is 1. The van der Waals surface area contributed by atoms with E-state index in [1.165, 1.54) is 48.5 Å². The highest BCUT2D eigenvalue weighted by Crippen LogP contribution is 2.33. The van der Waals surface area contributed by atoms with E-state index in [1.54, 1.807) is 12.1 Å². The Balaban J connectivity index is 1.65. The van der Waals surface area contributed by atoms with E-state index in [9.17, 15) is 24.5 Å². The van der Waals surface area contributed by atoms with Gasteiger partial charge in [0.1, 0.15) is 22.8 Å². The predicted octanol–water partition coefficient (Wildman–Crippen LogP) is 4.57. The summed E-state index contributed by atoms with van der Waals surface area (Å²) < 4.78 is 11.0. The van der Waals surface area contributed by atoms with Crippen LogP contribution in [0.3, 0.4) is 0 Å². The Labute approximate surface area is 197 Å². The molecular weight excluding hydrogens is 466 g/mol. The number of hydrogen-bond acceptors (Lipinski definition) is 7. The number of barbiturate groups is 1. The third-order valence-corrected chi connectivity index (χ3v) is 5.18. The highest BCUT2D eigenvalue weighted by atomic mass is 35.5. The monoisotopic (exact) mass is 481 g/mol. The fourth-order valence-electron chi connectivity index (χ4n) is 3.28. The highest BCUT2D eigenvalue weighted by molar-refractivity contribution is 6.39. The lowest BCUT2D eigenvalue weighted by atomic mass is 10.1. The number of amides is 4. The lowest BCUT2D eigenvalue weighted by molar-refractivity contribution is -0.384. The smallest absolute Gasteiger partial charge is 0.335 e. The summed E-state index contributed by atoms with van der Waals surface area (Å²) in [5.41, 5.74) is 0.000527. The molecule has 1 aliphatic heterocycles. The van der Waals surface area contributed by atoms with Crippen molar-refractivity contribution in [1.82, 2.24) is 5.32 Å². The molecule has 1 N–H and O–H groups in total. The number of nitrogens with zero attached hydrogens (tertiary/aromatic N) is 2. The normalized spacial score (nSPS) is 14.9. The van der Waals surface area contributed by atoms with Crippen LogP contribution in [-0.2, 0) is 9.59 Å². The summed E-state index contributed by atoms with van der Waals surface area (Å²) in [6.45, 7) is 2.28. The lowest BCUT2D eigenvalue weighted by Crippen LogP contribution is -2.54. The number of imide groups is 2. The van der Waals surface area contributed by atoms with Gasteiger partial charge in [0.25, 0.3) is 17.5 Å². The van der Waals surface area contributed by atoms with Crippen LogP contribution in [0, 0.1) is 10.1 Å². The number of nitro groups is 1. The second-order valence-electron chi connectivity index (χ2n) is 7.01. The van der Waals surface area contributed by atoms with Crippen LogP contribution in [-0.4, -0.2) is 29.4 Å². The van der Waals surface area contributed by atoms with Crippen molar-refractivity contribution in [2.24, 2.45) is 0 Å². The van der Waals surface area contributed by atoms with Crippen LogP contribution in [0.2, 0.25) is 5.02 Å². The zero-order valence-corrected chi connectivity index (χ0v) is 18.4. The van der Waals surface area contributed by atoms with Gasteiger partial charge in [0, 0.05) is 17.7 Å². The summed E-state index contributed by atoms with van der Waals surface area (Å²) in [7, 11) is 0. The maximum absolute atomic E-state index is 13.0. The third-order valence-electron chi connectivity index (χ3n) is 4.85. The molecule has 2 heterocycles. The van der Waals surface area contributed by atoms with Gasteiger partial charge in [-0.25, -0.2) is 9.69 Å². The first-order valence-corrected chi connectivity index (χ1v) is 10.3. The van der Waals surface area contributed by atoms with E-state index in [-0.39, 0.29) is 39.1 Å². The quantitative estimate of drug-likeness (QED) is 0.236. The predicted molar refractivity (Wildman–Crippen MR) is 122 cm³/mol. The Kier molecular flexibility index (Phi) is 6.15. The van der Waals surface area contributed by atoms with E-state index in [4.69, 9.17) is 20.8 Å². The second-order valence-corrected chi connectivity index (χ2v) is 7.42. The maximum Gasteiger partial charge on any atom is 0.335 e. The van der Waals surface area contributed by atoms with Crippen molar-refractivity contribution in [1.29, 1.82) is 0 Å². The van der Waals surface area contributed by atoms with Crippen LogP contribution < -0.4 is 15.0 Å². The van der Waals surface area contributed by atoms with Crippen LogP contribution in [0.15, 0.2) is 64.6 Å². The van der Waals surface area contributed by atoms with E-state index in [2.05, 4.69) is 5.32 Å². The first-order chi connectivity index (χ1) is 16.3. The van der Waals surface area contributed by atoms with Crippen LogP contribution in [0.4, 0.5) is 16.2 Å². The molecule has 1 aliphatic rings. The molecule has 3 aromatic rings. The maximum atomic E-state index is 13.0.